The highest BCUT2D eigenvalue weighted by atomic mass is 16.2. The summed E-state index contributed by atoms with van der Waals surface area (Å²) in [6, 6.07) is 5.73. The normalized spacial score (nSPS) is 18.7. The smallest absolute Gasteiger partial charge is 0.249 e. The van der Waals surface area contributed by atoms with Gasteiger partial charge in [-0.05, 0) is 48.9 Å². The van der Waals surface area contributed by atoms with Crippen molar-refractivity contribution in [1.29, 1.82) is 0 Å². The van der Waals surface area contributed by atoms with Gasteiger partial charge < -0.3 is 10.2 Å². The third-order valence-corrected chi connectivity index (χ3v) is 3.75. The summed E-state index contributed by atoms with van der Waals surface area (Å²) >= 11 is 0. The van der Waals surface area contributed by atoms with Crippen molar-refractivity contribution >= 4 is 17.5 Å². The lowest BCUT2D eigenvalue weighted by molar-refractivity contribution is -0.127. The molecule has 0 spiro atoms. The third-order valence-electron chi connectivity index (χ3n) is 3.75. The van der Waals surface area contributed by atoms with Crippen molar-refractivity contribution in [3.63, 3.8) is 0 Å². The van der Waals surface area contributed by atoms with Crippen LogP contribution in [0.15, 0.2) is 18.2 Å². The Kier molecular flexibility index (Phi) is 4.59. The summed E-state index contributed by atoms with van der Waals surface area (Å²) < 4.78 is 0. The summed E-state index contributed by atoms with van der Waals surface area (Å²) in [5, 5.41) is 2.88. The predicted octanol–water partition coefficient (Wildman–Crippen LogP) is 2.96. The molecule has 22 heavy (non-hydrogen) atoms. The first-order valence-corrected chi connectivity index (χ1v) is 7.85. The van der Waals surface area contributed by atoms with E-state index in [4.69, 9.17) is 0 Å². The van der Waals surface area contributed by atoms with Gasteiger partial charge >= 0.3 is 0 Å². The van der Waals surface area contributed by atoms with E-state index < -0.39 is 6.04 Å². The minimum atomic E-state index is -0.393. The van der Waals surface area contributed by atoms with Gasteiger partial charge in [0.1, 0.15) is 6.04 Å². The number of rotatable bonds is 3. The van der Waals surface area contributed by atoms with Gasteiger partial charge in [-0.2, -0.15) is 0 Å². The molecule has 120 valence electrons. The minimum Gasteiger partial charge on any atom is -0.344 e. The molecule has 1 N–H and O–H groups in total. The molecule has 1 fully saturated rings. The monoisotopic (exact) mass is 302 g/mol. The zero-order valence-corrected chi connectivity index (χ0v) is 14.2. The molecule has 1 aromatic rings. The van der Waals surface area contributed by atoms with Crippen LogP contribution in [0.3, 0.4) is 0 Å². The number of benzene rings is 1. The number of nitrogens with zero attached hydrogens (tertiary/aromatic N) is 1. The Morgan fingerprint density at radius 1 is 1.23 bits per heavy atom. The van der Waals surface area contributed by atoms with Crippen molar-refractivity contribution in [2.75, 3.05) is 11.4 Å². The maximum absolute atomic E-state index is 12.5. The fourth-order valence-electron chi connectivity index (χ4n) is 2.90. The lowest BCUT2D eigenvalue weighted by Gasteiger charge is -2.20. The zero-order valence-electron chi connectivity index (χ0n) is 14.2. The number of anilines is 1. The maximum Gasteiger partial charge on any atom is 0.249 e. The van der Waals surface area contributed by atoms with Crippen LogP contribution < -0.4 is 10.2 Å². The highest BCUT2D eigenvalue weighted by Gasteiger charge is 2.34. The number of aryl methyl sites for hydroxylation is 2. The number of amides is 2. The van der Waals surface area contributed by atoms with E-state index >= 15 is 0 Å². The first-order chi connectivity index (χ1) is 10.2. The minimum absolute atomic E-state index is 0.00717. The van der Waals surface area contributed by atoms with Crippen LogP contribution in [-0.2, 0) is 9.59 Å². The van der Waals surface area contributed by atoms with Gasteiger partial charge in [-0.3, -0.25) is 9.59 Å². The van der Waals surface area contributed by atoms with Gasteiger partial charge in [-0.15, -0.1) is 0 Å². The molecule has 0 aliphatic carbocycles. The molecule has 4 heteroatoms. The highest BCUT2D eigenvalue weighted by Crippen LogP contribution is 2.25. The molecule has 2 rings (SSSR count). The molecule has 1 aromatic carbocycles. The Balaban J connectivity index is 2.05. The van der Waals surface area contributed by atoms with Crippen molar-refractivity contribution in [1.82, 2.24) is 5.32 Å². The van der Waals surface area contributed by atoms with E-state index in [0.717, 1.165) is 16.8 Å². The van der Waals surface area contributed by atoms with Crippen LogP contribution in [-0.4, -0.2) is 24.4 Å². The second-order valence-corrected chi connectivity index (χ2v) is 7.48. The van der Waals surface area contributed by atoms with E-state index in [-0.39, 0.29) is 17.2 Å². The number of carbonyl (C=O) groups is 2. The van der Waals surface area contributed by atoms with Crippen molar-refractivity contribution in [2.24, 2.45) is 5.41 Å². The van der Waals surface area contributed by atoms with Gasteiger partial charge in [-0.25, -0.2) is 0 Å². The molecule has 4 nitrogen and oxygen atoms in total. The Morgan fingerprint density at radius 2 is 1.82 bits per heavy atom. The molecule has 1 aliphatic heterocycles. The lowest BCUT2D eigenvalue weighted by Crippen LogP contribution is -2.42. The number of nitrogens with one attached hydrogen (secondary N) is 1. The van der Waals surface area contributed by atoms with Crippen molar-refractivity contribution in [3.8, 4) is 0 Å². The largest absolute Gasteiger partial charge is 0.344 e. The summed E-state index contributed by atoms with van der Waals surface area (Å²) in [6.07, 6.45) is 1.10. The van der Waals surface area contributed by atoms with Gasteiger partial charge in [0.25, 0.3) is 0 Å². The Labute approximate surface area is 132 Å². The molecule has 1 heterocycles. The standard InChI is InChI=1S/C18H26N2O2/c1-12-8-13(2)10-14(9-12)20-7-6-15(17(20)22)19-16(21)11-18(3,4)5/h8-10,15H,6-7,11H2,1-5H3,(H,19,21). The van der Waals surface area contributed by atoms with Crippen molar-refractivity contribution < 1.29 is 9.59 Å². The molecular formula is C18H26N2O2. The number of carbonyl (C=O) groups excluding carboxylic acids is 2. The second kappa shape index (κ2) is 6.11. The van der Waals surface area contributed by atoms with Crippen LogP contribution in [0.5, 0.6) is 0 Å². The zero-order chi connectivity index (χ0) is 16.5. The van der Waals surface area contributed by atoms with E-state index in [1.165, 1.54) is 0 Å². The molecule has 1 aliphatic rings. The van der Waals surface area contributed by atoms with Crippen LogP contribution in [0.25, 0.3) is 0 Å². The summed E-state index contributed by atoms with van der Waals surface area (Å²) in [5.74, 6) is -0.0552. The Morgan fingerprint density at radius 3 is 2.36 bits per heavy atom. The first kappa shape index (κ1) is 16.5. The van der Waals surface area contributed by atoms with Gasteiger partial charge in [0.15, 0.2) is 0 Å². The van der Waals surface area contributed by atoms with Crippen molar-refractivity contribution in [3.05, 3.63) is 29.3 Å². The van der Waals surface area contributed by atoms with E-state index in [1.54, 1.807) is 4.90 Å². The van der Waals surface area contributed by atoms with Crippen LogP contribution in [0, 0.1) is 19.3 Å². The average Bonchev–Trinajstić information content (AvgIpc) is 2.67. The van der Waals surface area contributed by atoms with Crippen LogP contribution in [0.4, 0.5) is 5.69 Å². The van der Waals surface area contributed by atoms with E-state index in [1.807, 2.05) is 46.8 Å². The Hall–Kier alpha value is -1.84. The molecule has 0 aromatic heterocycles. The van der Waals surface area contributed by atoms with Gasteiger partial charge in [-0.1, -0.05) is 26.8 Å². The summed E-state index contributed by atoms with van der Waals surface area (Å²) in [7, 11) is 0. The van der Waals surface area contributed by atoms with Gasteiger partial charge in [0.05, 0.1) is 0 Å². The van der Waals surface area contributed by atoms with Gasteiger partial charge in [0.2, 0.25) is 11.8 Å². The van der Waals surface area contributed by atoms with E-state index in [0.29, 0.717) is 19.4 Å². The average molecular weight is 302 g/mol. The molecule has 1 unspecified atom stereocenters. The van der Waals surface area contributed by atoms with Crippen LogP contribution >= 0.6 is 0 Å². The number of hydrogen-bond acceptors (Lipinski definition) is 2. The third kappa shape index (κ3) is 4.09. The molecular weight excluding hydrogens is 276 g/mol. The second-order valence-electron chi connectivity index (χ2n) is 7.48. The quantitative estimate of drug-likeness (QED) is 0.933. The highest BCUT2D eigenvalue weighted by molar-refractivity contribution is 6.01. The lowest BCUT2D eigenvalue weighted by atomic mass is 9.92. The van der Waals surface area contributed by atoms with Crippen LogP contribution in [0.2, 0.25) is 0 Å². The maximum atomic E-state index is 12.5. The number of hydrogen-bond donors (Lipinski definition) is 1. The first-order valence-electron chi connectivity index (χ1n) is 7.85. The van der Waals surface area contributed by atoms with E-state index in [9.17, 15) is 9.59 Å². The molecule has 0 bridgehead atoms. The van der Waals surface area contributed by atoms with Crippen LogP contribution in [0.1, 0.15) is 44.7 Å². The molecule has 1 saturated heterocycles. The van der Waals surface area contributed by atoms with Crippen molar-refractivity contribution in [2.45, 2.75) is 53.5 Å². The molecule has 2 amide bonds. The summed E-state index contributed by atoms with van der Waals surface area (Å²) in [5.41, 5.74) is 3.14. The fourth-order valence-corrected chi connectivity index (χ4v) is 2.90. The van der Waals surface area contributed by atoms with Gasteiger partial charge in [0, 0.05) is 18.7 Å². The molecule has 0 radical (unpaired) electrons. The summed E-state index contributed by atoms with van der Waals surface area (Å²) in [6.45, 7) is 10.8. The Bertz CT molecular complexity index is 567. The topological polar surface area (TPSA) is 49.4 Å². The SMILES string of the molecule is Cc1cc(C)cc(N2CCC(NC(=O)CC(C)(C)C)C2=O)c1. The molecule has 1 atom stereocenters. The molecule has 0 saturated carbocycles. The predicted molar refractivity (Wildman–Crippen MR) is 88.9 cm³/mol. The summed E-state index contributed by atoms with van der Waals surface area (Å²) in [4.78, 5) is 26.4. The fraction of sp³-hybridized carbons (Fsp3) is 0.556. The van der Waals surface area contributed by atoms with E-state index in [2.05, 4.69) is 11.4 Å².